The fourth-order valence-electron chi connectivity index (χ4n) is 8.99. The van der Waals surface area contributed by atoms with E-state index in [1.165, 1.54) is 17.0 Å². The predicted molar refractivity (Wildman–Crippen MR) is 228 cm³/mol. The zero-order valence-electron chi connectivity index (χ0n) is 36.1. The molecule has 2 aromatic carbocycles. The van der Waals surface area contributed by atoms with Crippen LogP contribution in [0.2, 0.25) is 0 Å². The van der Waals surface area contributed by atoms with Crippen molar-refractivity contribution in [1.29, 1.82) is 0 Å². The number of amides is 3. The molecule has 15 heteroatoms. The van der Waals surface area contributed by atoms with Crippen molar-refractivity contribution in [1.82, 2.24) is 30.2 Å². The molecule has 2 saturated heterocycles. The number of fused-ring (bicyclic) bond motifs is 6. The maximum atomic E-state index is 14.6. The van der Waals surface area contributed by atoms with E-state index in [4.69, 9.17) is 14.2 Å². The van der Waals surface area contributed by atoms with Crippen molar-refractivity contribution >= 4 is 34.6 Å². The first-order valence-corrected chi connectivity index (χ1v) is 21.1. The number of benzene rings is 2. The smallest absolute Gasteiger partial charge is 0.324 e. The van der Waals surface area contributed by atoms with Gasteiger partial charge >= 0.3 is 5.97 Å². The number of ether oxygens (including phenoxy) is 3. The summed E-state index contributed by atoms with van der Waals surface area (Å²) in [6.07, 6.45) is 5.08. The SMILES string of the molecule is CCn1c(-c2cnccc2COC)c2c3cc(ccc31)-c1cc(O)cc(c1)C[C@H](NC(=O)C(C(C)C)N(C)C(=O)C1(O)COC1)C(=O)N1CCC[C@H](N1)C(=O)OCC(C)(C)C2. The molecule has 0 spiro atoms. The second-order valence-electron chi connectivity index (χ2n) is 17.8. The van der Waals surface area contributed by atoms with Gasteiger partial charge in [-0.05, 0) is 90.3 Å². The van der Waals surface area contributed by atoms with E-state index in [9.17, 15) is 29.4 Å². The third-order valence-electron chi connectivity index (χ3n) is 12.0. The molecule has 2 aromatic heterocycles. The average Bonchev–Trinajstić information content (AvgIpc) is 3.52. The van der Waals surface area contributed by atoms with Gasteiger partial charge in [0.25, 0.3) is 11.8 Å². The molecular formula is C46H58N6O9. The Hall–Kier alpha value is -5.35. The minimum atomic E-state index is -1.73. The van der Waals surface area contributed by atoms with E-state index in [1.807, 2.05) is 24.4 Å². The molecule has 5 heterocycles. The molecule has 4 aromatic rings. The number of phenolic OH excluding ortho intramolecular Hbond substituents is 1. The summed E-state index contributed by atoms with van der Waals surface area (Å²) < 4.78 is 19.1. The lowest BCUT2D eigenvalue weighted by atomic mass is 9.84. The molecule has 0 radical (unpaired) electrons. The van der Waals surface area contributed by atoms with Gasteiger partial charge in [0.15, 0.2) is 5.60 Å². The van der Waals surface area contributed by atoms with Gasteiger partial charge in [0.05, 0.1) is 32.1 Å². The number of cyclic esters (lactones) is 1. The number of hydrogen-bond acceptors (Lipinski definition) is 11. The molecule has 15 nitrogen and oxygen atoms in total. The molecule has 4 N–H and O–H groups in total. The number of carbonyl (C=O) groups is 4. The molecular weight excluding hydrogens is 781 g/mol. The largest absolute Gasteiger partial charge is 0.508 e. The van der Waals surface area contributed by atoms with Crippen LogP contribution >= 0.6 is 0 Å². The number of methoxy groups -OCH3 is 1. The van der Waals surface area contributed by atoms with Gasteiger partial charge < -0.3 is 39.2 Å². The third-order valence-corrected chi connectivity index (χ3v) is 12.0. The monoisotopic (exact) mass is 838 g/mol. The standard InChI is InChI=1S/C46H58N6O9/c1-8-51-38-12-11-29-20-33(38)34(40(51)35-22-47-14-13-30(35)23-59-7)21-45(4,5)24-61-43(56)36-10-9-15-52(49-36)42(55)37(18-28-16-31(29)19-32(53)17-28)48-41(54)39(27(2)3)50(6)44(57)46(58)25-60-26-46/h11-14,16-17,19-20,22,27,36-37,39,49,53,58H,8-10,15,18,21,23-26H2,1-7H3,(H,48,54)/t36-,37-,39?/m0/s1. The van der Waals surface area contributed by atoms with Crippen molar-refractivity contribution in [2.24, 2.45) is 11.3 Å². The number of hydrogen-bond donors (Lipinski definition) is 4. The highest BCUT2D eigenvalue weighted by Crippen LogP contribution is 2.41. The van der Waals surface area contributed by atoms with Crippen LogP contribution in [0.3, 0.4) is 0 Å². The molecule has 3 aliphatic rings. The Kier molecular flexibility index (Phi) is 12.6. The number of esters is 1. The van der Waals surface area contributed by atoms with Gasteiger partial charge in [-0.15, -0.1) is 0 Å². The molecule has 0 aliphatic carbocycles. The number of carbonyl (C=O) groups excluding carboxylic acids is 4. The fourth-order valence-corrected chi connectivity index (χ4v) is 8.99. The molecule has 326 valence electrons. The van der Waals surface area contributed by atoms with Crippen molar-refractivity contribution in [3.63, 3.8) is 0 Å². The van der Waals surface area contributed by atoms with Gasteiger partial charge in [-0.2, -0.15) is 0 Å². The number of nitrogens with zero attached hydrogens (tertiary/aromatic N) is 4. The minimum Gasteiger partial charge on any atom is -0.508 e. The average molecular weight is 839 g/mol. The molecule has 1 unspecified atom stereocenters. The second kappa shape index (κ2) is 17.6. The third kappa shape index (κ3) is 8.87. The van der Waals surface area contributed by atoms with Crippen LogP contribution in [-0.2, 0) is 59.4 Å². The summed E-state index contributed by atoms with van der Waals surface area (Å²) in [6, 6.07) is 10.3. The molecule has 3 amide bonds. The van der Waals surface area contributed by atoms with E-state index < -0.39 is 58.8 Å². The Morgan fingerprint density at radius 2 is 1.87 bits per heavy atom. The lowest BCUT2D eigenvalue weighted by Crippen LogP contribution is -2.65. The number of aryl methyl sites for hydroxylation is 1. The van der Waals surface area contributed by atoms with Crippen LogP contribution in [0.15, 0.2) is 54.9 Å². The van der Waals surface area contributed by atoms with Crippen molar-refractivity contribution < 1.29 is 43.6 Å². The van der Waals surface area contributed by atoms with E-state index in [-0.39, 0.29) is 38.5 Å². The maximum Gasteiger partial charge on any atom is 0.324 e. The van der Waals surface area contributed by atoms with E-state index in [0.717, 1.165) is 38.9 Å². The number of rotatable bonds is 9. The van der Waals surface area contributed by atoms with Gasteiger partial charge in [-0.1, -0.05) is 39.8 Å². The van der Waals surface area contributed by atoms with Gasteiger partial charge in [-0.3, -0.25) is 29.2 Å². The molecule has 3 aliphatic heterocycles. The number of likely N-dealkylation sites (N-methyl/N-ethyl adjacent to an activating group) is 1. The number of aromatic nitrogens is 2. The number of aliphatic hydroxyl groups is 1. The van der Waals surface area contributed by atoms with E-state index in [2.05, 4.69) is 53.2 Å². The van der Waals surface area contributed by atoms with E-state index >= 15 is 0 Å². The van der Waals surface area contributed by atoms with E-state index in [1.54, 1.807) is 39.3 Å². The summed E-state index contributed by atoms with van der Waals surface area (Å²) in [7, 11) is 3.12. The van der Waals surface area contributed by atoms with Crippen LogP contribution in [0.25, 0.3) is 33.3 Å². The summed E-state index contributed by atoms with van der Waals surface area (Å²) in [5, 5.41) is 27.3. The van der Waals surface area contributed by atoms with Gasteiger partial charge in [0.1, 0.15) is 23.9 Å². The van der Waals surface area contributed by atoms with Crippen molar-refractivity contribution in [3.05, 3.63) is 71.5 Å². The topological polar surface area (TPSA) is 185 Å². The van der Waals surface area contributed by atoms with Crippen molar-refractivity contribution in [2.75, 3.05) is 40.5 Å². The lowest BCUT2D eigenvalue weighted by Gasteiger charge is -2.41. The number of nitrogens with one attached hydrogen (secondary N) is 2. The van der Waals surface area contributed by atoms with Gasteiger partial charge in [-0.25, -0.2) is 5.43 Å². The first kappa shape index (κ1) is 43.7. The number of phenols is 1. The highest BCUT2D eigenvalue weighted by Gasteiger charge is 2.48. The summed E-state index contributed by atoms with van der Waals surface area (Å²) in [5.41, 5.74) is 7.92. The Balaban J connectivity index is 1.34. The Morgan fingerprint density at radius 3 is 2.56 bits per heavy atom. The molecule has 3 atom stereocenters. The number of hydrazine groups is 1. The predicted octanol–water partition coefficient (Wildman–Crippen LogP) is 4.13. The summed E-state index contributed by atoms with van der Waals surface area (Å²) in [6.45, 7) is 10.9. The molecule has 7 rings (SSSR count). The molecule has 0 saturated carbocycles. The van der Waals surface area contributed by atoms with Crippen LogP contribution in [-0.4, -0.2) is 118 Å². The second-order valence-corrected chi connectivity index (χ2v) is 17.8. The van der Waals surface area contributed by atoms with Crippen LogP contribution in [0.5, 0.6) is 5.75 Å². The molecule has 61 heavy (non-hydrogen) atoms. The Bertz CT molecular complexity index is 2320. The van der Waals surface area contributed by atoms with Crippen LogP contribution < -0.4 is 10.7 Å². The highest BCUT2D eigenvalue weighted by atomic mass is 16.5. The van der Waals surface area contributed by atoms with Crippen LogP contribution in [0, 0.1) is 11.3 Å². The Morgan fingerprint density at radius 1 is 1.10 bits per heavy atom. The Labute approximate surface area is 356 Å². The number of pyridine rings is 1. The number of aromatic hydroxyl groups is 1. The molecule has 2 fully saturated rings. The van der Waals surface area contributed by atoms with Gasteiger partial charge in [0, 0.05) is 67.9 Å². The zero-order valence-corrected chi connectivity index (χ0v) is 36.1. The maximum absolute atomic E-state index is 14.6. The van der Waals surface area contributed by atoms with Crippen LogP contribution in [0.1, 0.15) is 64.2 Å². The zero-order chi connectivity index (χ0) is 43.8. The summed E-state index contributed by atoms with van der Waals surface area (Å²) >= 11 is 0. The van der Waals surface area contributed by atoms with E-state index in [0.29, 0.717) is 43.5 Å². The minimum absolute atomic E-state index is 0.0208. The molecule has 6 bridgehead atoms. The van der Waals surface area contributed by atoms with Gasteiger partial charge in [0.2, 0.25) is 5.91 Å². The summed E-state index contributed by atoms with van der Waals surface area (Å²) in [4.78, 5) is 61.7. The first-order chi connectivity index (χ1) is 29.0. The van der Waals surface area contributed by atoms with Crippen LogP contribution in [0.4, 0.5) is 0 Å². The highest BCUT2D eigenvalue weighted by molar-refractivity contribution is 5.96. The fraction of sp³-hybridized carbons (Fsp3) is 0.500. The quantitative estimate of drug-likeness (QED) is 0.178. The lowest BCUT2D eigenvalue weighted by molar-refractivity contribution is -0.201. The van der Waals surface area contributed by atoms with Crippen molar-refractivity contribution in [2.45, 2.75) is 97.2 Å². The first-order valence-electron chi connectivity index (χ1n) is 21.1. The summed E-state index contributed by atoms with van der Waals surface area (Å²) in [5.74, 6) is -2.65. The normalized spacial score (nSPS) is 20.7. The van der Waals surface area contributed by atoms with Crippen molar-refractivity contribution in [3.8, 4) is 28.1 Å².